The smallest absolute Gasteiger partial charge is 0.0547 e. The molecular formula is C62H48N2. The first-order valence-corrected chi connectivity index (χ1v) is 23.2. The molecule has 0 fully saturated rings. The molecule has 0 radical (unpaired) electrons. The van der Waals surface area contributed by atoms with E-state index in [2.05, 4.69) is 213 Å². The highest BCUT2D eigenvalue weighted by Crippen LogP contribution is 2.54. The summed E-state index contributed by atoms with van der Waals surface area (Å²) in [5, 5.41) is 5.22. The van der Waals surface area contributed by atoms with Crippen LogP contribution in [0.1, 0.15) is 67.0 Å². The Kier molecular flexibility index (Phi) is 7.23. The molecule has 2 heteroatoms. The summed E-state index contributed by atoms with van der Waals surface area (Å²) in [5.74, 6) is 0.927. The van der Waals surface area contributed by atoms with Crippen molar-refractivity contribution in [2.45, 2.75) is 57.3 Å². The Bertz CT molecular complexity index is 3730. The standard InChI is InChI=1S/C62H48N2/c1-61(2)53-16-10-8-14-43(53)48-30-36(19-26-55(48)61)38-21-28-57-50(32-38)46-25-24-42-45(60(46)63-57)23-18-40-34-52-51-33-39(22-29-58(51)64(59(52)35-47(40)42)41-12-6-5-7-13-41)37-20-27-56-49(31-37)44-15-9-11-17-54(44)62(56,3)4/h5-17,19-22,24-35,44,54,63H,18,23H2,1-4H3. The van der Waals surface area contributed by atoms with Gasteiger partial charge < -0.3 is 9.55 Å². The number of aromatic amines is 1. The number of hydrogen-bond acceptors (Lipinski definition) is 0. The largest absolute Gasteiger partial charge is 0.354 e. The molecule has 2 heterocycles. The van der Waals surface area contributed by atoms with Gasteiger partial charge in [0.15, 0.2) is 0 Å². The average Bonchev–Trinajstić information content (AvgIpc) is 4.01. The Morgan fingerprint density at radius 1 is 0.500 bits per heavy atom. The molecule has 2 unspecified atom stereocenters. The van der Waals surface area contributed by atoms with E-state index in [1.807, 2.05) is 0 Å². The van der Waals surface area contributed by atoms with Gasteiger partial charge in [0.25, 0.3) is 0 Å². The summed E-state index contributed by atoms with van der Waals surface area (Å²) in [6.07, 6.45) is 11.3. The maximum atomic E-state index is 3.92. The molecular weight excluding hydrogens is 773 g/mol. The molecule has 1 N–H and O–H groups in total. The molecule has 4 aliphatic carbocycles. The van der Waals surface area contributed by atoms with Gasteiger partial charge in [0.2, 0.25) is 0 Å². The number of aromatic nitrogens is 2. The molecule has 0 saturated heterocycles. The van der Waals surface area contributed by atoms with Crippen LogP contribution in [0.3, 0.4) is 0 Å². The molecule has 8 aromatic carbocycles. The lowest BCUT2D eigenvalue weighted by atomic mass is 9.74. The van der Waals surface area contributed by atoms with Crippen molar-refractivity contribution in [1.29, 1.82) is 0 Å². The van der Waals surface area contributed by atoms with Crippen molar-refractivity contribution in [3.63, 3.8) is 0 Å². The van der Waals surface area contributed by atoms with Gasteiger partial charge in [0, 0.05) is 44.1 Å². The van der Waals surface area contributed by atoms with Crippen molar-refractivity contribution in [3.05, 3.63) is 209 Å². The number of hydrogen-bond donors (Lipinski definition) is 1. The lowest BCUT2D eigenvalue weighted by Gasteiger charge is -2.29. The fourth-order valence-electron chi connectivity index (χ4n) is 12.9. The van der Waals surface area contributed by atoms with E-state index in [1.54, 1.807) is 0 Å². The molecule has 4 aliphatic rings. The number of benzene rings is 8. The Balaban J connectivity index is 0.891. The lowest BCUT2D eigenvalue weighted by molar-refractivity contribution is 0.394. The van der Waals surface area contributed by atoms with Crippen LogP contribution in [0, 0.1) is 5.92 Å². The Morgan fingerprint density at radius 3 is 2.08 bits per heavy atom. The summed E-state index contributed by atoms with van der Waals surface area (Å²) in [4.78, 5) is 3.92. The van der Waals surface area contributed by atoms with E-state index in [-0.39, 0.29) is 10.8 Å². The zero-order chi connectivity index (χ0) is 42.6. The summed E-state index contributed by atoms with van der Waals surface area (Å²) < 4.78 is 2.49. The normalized spacial score (nSPS) is 18.3. The van der Waals surface area contributed by atoms with E-state index in [4.69, 9.17) is 0 Å². The molecule has 0 saturated carbocycles. The van der Waals surface area contributed by atoms with Gasteiger partial charge in [-0.2, -0.15) is 0 Å². The fraction of sp³-hybridized carbons (Fsp3) is 0.161. The van der Waals surface area contributed by atoms with Gasteiger partial charge in [-0.1, -0.05) is 149 Å². The number of H-pyrrole nitrogens is 1. The summed E-state index contributed by atoms with van der Waals surface area (Å²) in [7, 11) is 0. The third-order valence-corrected chi connectivity index (χ3v) is 16.1. The maximum absolute atomic E-state index is 3.92. The van der Waals surface area contributed by atoms with Crippen molar-refractivity contribution in [3.8, 4) is 50.2 Å². The molecule has 14 rings (SSSR count). The number of nitrogens with one attached hydrogen (secondary N) is 1. The second kappa shape index (κ2) is 12.7. The van der Waals surface area contributed by atoms with Crippen molar-refractivity contribution >= 4 is 43.6 Å². The minimum absolute atomic E-state index is 0.00646. The molecule has 2 atom stereocenters. The van der Waals surface area contributed by atoms with E-state index in [1.165, 1.54) is 127 Å². The highest BCUT2D eigenvalue weighted by atomic mass is 15.0. The van der Waals surface area contributed by atoms with E-state index in [0.29, 0.717) is 11.8 Å². The number of fused-ring (bicyclic) bond motifs is 16. The SMILES string of the molecule is CC1(C)c2ccccc2-c2cc(-c3ccc4[nH]c5c6c(ccc5c4c3)-c3cc4c(cc3CC6)c3cc(-c5ccc6c(c5)C5C=CC=CC5C6(C)C)ccc3n4-c3ccccc3)ccc21. The highest BCUT2D eigenvalue weighted by molar-refractivity contribution is 6.14. The third-order valence-electron chi connectivity index (χ3n) is 16.1. The van der Waals surface area contributed by atoms with E-state index in [9.17, 15) is 0 Å². The Hall–Kier alpha value is -7.16. The second-order valence-electron chi connectivity index (χ2n) is 20.1. The number of nitrogens with zero attached hydrogens (tertiary/aromatic N) is 1. The topological polar surface area (TPSA) is 20.7 Å². The molecule has 0 spiro atoms. The minimum atomic E-state index is 0.00646. The Morgan fingerprint density at radius 2 is 1.20 bits per heavy atom. The summed E-state index contributed by atoms with van der Waals surface area (Å²) in [5.41, 5.74) is 25.4. The minimum Gasteiger partial charge on any atom is -0.354 e. The molecule has 0 bridgehead atoms. The third kappa shape index (κ3) is 4.86. The van der Waals surface area contributed by atoms with Crippen LogP contribution in [0.4, 0.5) is 0 Å². The number of para-hydroxylation sites is 1. The average molecular weight is 821 g/mol. The summed E-state index contributed by atoms with van der Waals surface area (Å²) >= 11 is 0. The first kappa shape index (κ1) is 36.3. The number of aryl methyl sites for hydroxylation is 2. The highest BCUT2D eigenvalue weighted by Gasteiger charge is 2.44. The van der Waals surface area contributed by atoms with Crippen LogP contribution in [0.25, 0.3) is 93.8 Å². The van der Waals surface area contributed by atoms with Gasteiger partial charge in [-0.15, -0.1) is 0 Å². The Labute approximate surface area is 374 Å². The van der Waals surface area contributed by atoms with Crippen LogP contribution >= 0.6 is 0 Å². The van der Waals surface area contributed by atoms with Gasteiger partial charge >= 0.3 is 0 Å². The van der Waals surface area contributed by atoms with E-state index < -0.39 is 0 Å². The van der Waals surface area contributed by atoms with E-state index >= 15 is 0 Å². The van der Waals surface area contributed by atoms with Gasteiger partial charge in [0.05, 0.1) is 16.6 Å². The van der Waals surface area contributed by atoms with Crippen LogP contribution in [-0.4, -0.2) is 9.55 Å². The molecule has 10 aromatic rings. The monoisotopic (exact) mass is 820 g/mol. The maximum Gasteiger partial charge on any atom is 0.0547 e. The predicted octanol–water partition coefficient (Wildman–Crippen LogP) is 15.9. The van der Waals surface area contributed by atoms with Crippen LogP contribution in [0.15, 0.2) is 176 Å². The van der Waals surface area contributed by atoms with Crippen molar-refractivity contribution in [2.75, 3.05) is 0 Å². The molecule has 64 heavy (non-hydrogen) atoms. The zero-order valence-corrected chi connectivity index (χ0v) is 36.8. The summed E-state index contributed by atoms with van der Waals surface area (Å²) in [6.45, 7) is 9.53. The van der Waals surface area contributed by atoms with Gasteiger partial charge in [-0.3, -0.25) is 0 Å². The second-order valence-corrected chi connectivity index (χ2v) is 20.1. The quantitative estimate of drug-likeness (QED) is 0.183. The van der Waals surface area contributed by atoms with Gasteiger partial charge in [0.1, 0.15) is 0 Å². The zero-order valence-electron chi connectivity index (χ0n) is 36.8. The first-order valence-electron chi connectivity index (χ1n) is 23.2. The molecule has 0 amide bonds. The van der Waals surface area contributed by atoms with E-state index in [0.717, 1.165) is 12.8 Å². The van der Waals surface area contributed by atoms with Gasteiger partial charge in [-0.05, 0) is 157 Å². The van der Waals surface area contributed by atoms with Gasteiger partial charge in [-0.25, -0.2) is 0 Å². The molecule has 2 aromatic heterocycles. The van der Waals surface area contributed by atoms with Crippen LogP contribution in [-0.2, 0) is 23.7 Å². The predicted molar refractivity (Wildman–Crippen MR) is 269 cm³/mol. The molecule has 306 valence electrons. The van der Waals surface area contributed by atoms with Crippen molar-refractivity contribution in [1.82, 2.24) is 9.55 Å². The van der Waals surface area contributed by atoms with Crippen LogP contribution in [0.5, 0.6) is 0 Å². The fourth-order valence-corrected chi connectivity index (χ4v) is 12.9. The van der Waals surface area contributed by atoms with Crippen molar-refractivity contribution in [2.24, 2.45) is 5.92 Å². The van der Waals surface area contributed by atoms with Crippen LogP contribution < -0.4 is 0 Å². The molecule has 2 nitrogen and oxygen atoms in total. The van der Waals surface area contributed by atoms with Crippen LogP contribution in [0.2, 0.25) is 0 Å². The lowest BCUT2D eigenvalue weighted by Crippen LogP contribution is -2.24. The first-order chi connectivity index (χ1) is 31.2. The number of rotatable bonds is 3. The number of allylic oxidation sites excluding steroid dienone is 4. The summed E-state index contributed by atoms with van der Waals surface area (Å²) in [6, 6.07) is 58.2. The van der Waals surface area contributed by atoms with Crippen molar-refractivity contribution < 1.29 is 0 Å². The molecule has 0 aliphatic heterocycles.